The van der Waals surface area contributed by atoms with Gasteiger partial charge in [-0.05, 0) is 68.1 Å². The van der Waals surface area contributed by atoms with Crippen LogP contribution < -0.4 is 11.1 Å². The Balaban J connectivity index is 0.00000192. The van der Waals surface area contributed by atoms with Crippen LogP contribution >= 0.6 is 12.4 Å². The van der Waals surface area contributed by atoms with E-state index >= 15 is 0 Å². The number of fused-ring (bicyclic) bond motifs is 2. The van der Waals surface area contributed by atoms with E-state index in [1.807, 2.05) is 0 Å². The van der Waals surface area contributed by atoms with E-state index in [9.17, 15) is 4.79 Å². The number of nitrogens with one attached hydrogen (secondary N) is 1. The molecule has 4 heteroatoms. The Bertz CT molecular complexity index is 394. The monoisotopic (exact) mass is 342 g/mol. The number of nitrogens with two attached hydrogens (primary N) is 1. The molecule has 0 aliphatic heterocycles. The van der Waals surface area contributed by atoms with Crippen molar-refractivity contribution >= 4 is 18.3 Å². The molecule has 2 unspecified atom stereocenters. The smallest absolute Gasteiger partial charge is 0.223 e. The molecule has 0 aromatic heterocycles. The lowest BCUT2D eigenvalue weighted by Gasteiger charge is -2.45. The summed E-state index contributed by atoms with van der Waals surface area (Å²) in [5.41, 5.74) is 6.75. The zero-order valence-electron chi connectivity index (χ0n) is 14.9. The van der Waals surface area contributed by atoms with Gasteiger partial charge in [-0.2, -0.15) is 0 Å². The van der Waals surface area contributed by atoms with Crippen LogP contribution in [0.5, 0.6) is 0 Å². The molecular formula is C19H35ClN2O. The predicted molar refractivity (Wildman–Crippen MR) is 97.5 cm³/mol. The highest BCUT2D eigenvalue weighted by Gasteiger charge is 2.42. The Labute approximate surface area is 147 Å². The first-order valence-electron chi connectivity index (χ1n) is 9.52. The fourth-order valence-electron chi connectivity index (χ4n) is 5.42. The molecule has 1 amide bonds. The second kappa shape index (κ2) is 7.74. The third-order valence-corrected chi connectivity index (χ3v) is 6.68. The summed E-state index contributed by atoms with van der Waals surface area (Å²) in [6.45, 7) is 5.50. The van der Waals surface area contributed by atoms with E-state index in [2.05, 4.69) is 19.2 Å². The van der Waals surface area contributed by atoms with Crippen molar-refractivity contribution in [3.63, 3.8) is 0 Å². The van der Waals surface area contributed by atoms with Crippen LogP contribution in [0, 0.1) is 29.1 Å². The third-order valence-electron chi connectivity index (χ3n) is 6.68. The summed E-state index contributed by atoms with van der Waals surface area (Å²) in [7, 11) is 0. The number of carbonyl (C=O) groups excluding carboxylic acids is 1. The highest BCUT2D eigenvalue weighted by atomic mass is 35.5. The lowest BCUT2D eigenvalue weighted by molar-refractivity contribution is -0.129. The van der Waals surface area contributed by atoms with E-state index in [-0.39, 0.29) is 18.3 Å². The van der Waals surface area contributed by atoms with Crippen molar-refractivity contribution in [2.24, 2.45) is 34.8 Å². The van der Waals surface area contributed by atoms with Gasteiger partial charge < -0.3 is 11.1 Å². The molecule has 134 valence electrons. The van der Waals surface area contributed by atoms with Gasteiger partial charge >= 0.3 is 0 Å². The fraction of sp³-hybridized carbons (Fsp3) is 0.947. The standard InChI is InChI=1S/C19H34N2O.ClH/c1-13(2)11-19(7-4-8-19)12-21-18(22)16-9-14-5-3-6-15(10-16)17(14)20;/h13-17H,3-12,20H2,1-2H3,(H,21,22);1H. The minimum atomic E-state index is 0. The maximum Gasteiger partial charge on any atom is 0.223 e. The van der Waals surface area contributed by atoms with Crippen LogP contribution in [-0.4, -0.2) is 18.5 Å². The molecule has 23 heavy (non-hydrogen) atoms. The normalized spacial score (nSPS) is 35.1. The van der Waals surface area contributed by atoms with Crippen molar-refractivity contribution in [3.05, 3.63) is 0 Å². The van der Waals surface area contributed by atoms with Crippen molar-refractivity contribution in [1.29, 1.82) is 0 Å². The highest BCUT2D eigenvalue weighted by molar-refractivity contribution is 5.85. The molecule has 3 N–H and O–H groups in total. The minimum absolute atomic E-state index is 0. The highest BCUT2D eigenvalue weighted by Crippen LogP contribution is 2.46. The van der Waals surface area contributed by atoms with Gasteiger partial charge in [0.15, 0.2) is 0 Å². The topological polar surface area (TPSA) is 55.1 Å². The van der Waals surface area contributed by atoms with Crippen LogP contribution in [0.3, 0.4) is 0 Å². The lowest BCUT2D eigenvalue weighted by Crippen LogP contribution is -2.50. The lowest BCUT2D eigenvalue weighted by atomic mass is 9.64. The Morgan fingerprint density at radius 1 is 1.17 bits per heavy atom. The van der Waals surface area contributed by atoms with Crippen LogP contribution in [0.25, 0.3) is 0 Å². The molecule has 3 nitrogen and oxygen atoms in total. The molecule has 0 heterocycles. The number of carbonyl (C=O) groups is 1. The van der Waals surface area contributed by atoms with Gasteiger partial charge in [-0.1, -0.05) is 26.7 Å². The molecule has 2 atom stereocenters. The number of rotatable bonds is 5. The average Bonchev–Trinajstić information content (AvgIpc) is 2.40. The molecule has 0 aromatic rings. The number of hydrogen-bond acceptors (Lipinski definition) is 2. The van der Waals surface area contributed by atoms with E-state index in [0.717, 1.165) is 25.3 Å². The van der Waals surface area contributed by atoms with Gasteiger partial charge in [-0.25, -0.2) is 0 Å². The minimum Gasteiger partial charge on any atom is -0.355 e. The van der Waals surface area contributed by atoms with Gasteiger partial charge in [0.1, 0.15) is 0 Å². The number of amides is 1. The van der Waals surface area contributed by atoms with Crippen molar-refractivity contribution in [1.82, 2.24) is 5.32 Å². The largest absolute Gasteiger partial charge is 0.355 e. The maximum atomic E-state index is 12.7. The Morgan fingerprint density at radius 3 is 2.26 bits per heavy atom. The molecule has 3 aliphatic rings. The first kappa shape index (κ1) is 19.1. The molecule has 3 aliphatic carbocycles. The molecule has 0 aromatic carbocycles. The zero-order valence-corrected chi connectivity index (χ0v) is 15.7. The van der Waals surface area contributed by atoms with Gasteiger partial charge in [0, 0.05) is 18.5 Å². The van der Waals surface area contributed by atoms with E-state index < -0.39 is 0 Å². The SMILES string of the molecule is CC(C)CC1(CNC(=O)C2CC3CCCC(C2)C3N)CCC1.Cl. The summed E-state index contributed by atoms with van der Waals surface area (Å²) in [5.74, 6) is 2.46. The summed E-state index contributed by atoms with van der Waals surface area (Å²) in [4.78, 5) is 12.7. The number of hydrogen-bond donors (Lipinski definition) is 2. The van der Waals surface area contributed by atoms with Crippen molar-refractivity contribution in [2.45, 2.75) is 77.7 Å². The predicted octanol–water partition coefficient (Wildman–Crippen LogP) is 3.89. The Morgan fingerprint density at radius 2 is 1.78 bits per heavy atom. The van der Waals surface area contributed by atoms with Gasteiger partial charge in [0.25, 0.3) is 0 Å². The summed E-state index contributed by atoms with van der Waals surface area (Å²) >= 11 is 0. The molecule has 2 bridgehead atoms. The molecule has 3 rings (SSSR count). The van der Waals surface area contributed by atoms with Crippen LogP contribution in [0.1, 0.15) is 71.6 Å². The molecule has 3 fully saturated rings. The first-order chi connectivity index (χ1) is 10.5. The van der Waals surface area contributed by atoms with Crippen molar-refractivity contribution in [3.8, 4) is 0 Å². The molecular weight excluding hydrogens is 308 g/mol. The third kappa shape index (κ3) is 4.22. The van der Waals surface area contributed by atoms with Crippen LogP contribution in [-0.2, 0) is 4.79 Å². The first-order valence-corrected chi connectivity index (χ1v) is 9.52. The van der Waals surface area contributed by atoms with E-state index in [0.29, 0.717) is 29.2 Å². The van der Waals surface area contributed by atoms with Gasteiger partial charge in [-0.3, -0.25) is 4.79 Å². The summed E-state index contributed by atoms with van der Waals surface area (Å²) < 4.78 is 0. The van der Waals surface area contributed by atoms with Crippen LogP contribution in [0.2, 0.25) is 0 Å². The summed E-state index contributed by atoms with van der Waals surface area (Å²) in [6.07, 6.45) is 11.0. The summed E-state index contributed by atoms with van der Waals surface area (Å²) in [5, 5.41) is 3.32. The molecule has 0 saturated heterocycles. The van der Waals surface area contributed by atoms with Gasteiger partial charge in [0.05, 0.1) is 0 Å². The maximum absolute atomic E-state index is 12.7. The van der Waals surface area contributed by atoms with Gasteiger partial charge in [0.2, 0.25) is 5.91 Å². The Kier molecular flexibility index (Phi) is 6.41. The van der Waals surface area contributed by atoms with Crippen LogP contribution in [0.4, 0.5) is 0 Å². The van der Waals surface area contributed by atoms with E-state index in [1.165, 1.54) is 44.9 Å². The average molecular weight is 343 g/mol. The Hall–Kier alpha value is -0.280. The fourth-order valence-corrected chi connectivity index (χ4v) is 5.42. The van der Waals surface area contributed by atoms with Crippen molar-refractivity contribution < 1.29 is 4.79 Å². The second-order valence-electron chi connectivity index (χ2n) is 8.87. The van der Waals surface area contributed by atoms with E-state index in [1.54, 1.807) is 0 Å². The molecule has 3 saturated carbocycles. The number of halogens is 1. The molecule has 0 spiro atoms. The zero-order chi connectivity index (χ0) is 15.7. The summed E-state index contributed by atoms with van der Waals surface area (Å²) in [6, 6.07) is 0.358. The second-order valence-corrected chi connectivity index (χ2v) is 8.87. The van der Waals surface area contributed by atoms with Crippen LogP contribution in [0.15, 0.2) is 0 Å². The van der Waals surface area contributed by atoms with Gasteiger partial charge in [-0.15, -0.1) is 12.4 Å². The molecule has 0 radical (unpaired) electrons. The van der Waals surface area contributed by atoms with E-state index in [4.69, 9.17) is 5.73 Å². The van der Waals surface area contributed by atoms with Crippen molar-refractivity contribution in [2.75, 3.05) is 6.54 Å². The quantitative estimate of drug-likeness (QED) is 0.796.